The van der Waals surface area contributed by atoms with Gasteiger partial charge in [0.2, 0.25) is 5.88 Å². The third kappa shape index (κ3) is 5.57. The highest BCUT2D eigenvalue weighted by Gasteiger charge is 2.21. The summed E-state index contributed by atoms with van der Waals surface area (Å²) in [5.41, 5.74) is 0.351. The first-order valence-electron chi connectivity index (χ1n) is 6.89. The molecule has 0 aliphatic heterocycles. The van der Waals surface area contributed by atoms with E-state index in [9.17, 15) is 9.90 Å². The molecule has 0 saturated carbocycles. The lowest BCUT2D eigenvalue weighted by Gasteiger charge is -2.26. The van der Waals surface area contributed by atoms with Crippen LogP contribution >= 0.6 is 0 Å². The summed E-state index contributed by atoms with van der Waals surface area (Å²) in [5.74, 6) is 0.345. The second-order valence-corrected chi connectivity index (χ2v) is 5.72. The summed E-state index contributed by atoms with van der Waals surface area (Å²) in [4.78, 5) is 16.1. The van der Waals surface area contributed by atoms with E-state index in [0.717, 1.165) is 0 Å². The molecule has 0 spiro atoms. The van der Waals surface area contributed by atoms with E-state index < -0.39 is 0 Å². The number of aliphatic hydroxyl groups excluding tert-OH is 1. The summed E-state index contributed by atoms with van der Waals surface area (Å²) in [6, 6.07) is 3.37. The summed E-state index contributed by atoms with van der Waals surface area (Å²) < 4.78 is 5.23. The van der Waals surface area contributed by atoms with Crippen LogP contribution in [0.2, 0.25) is 0 Å². The van der Waals surface area contributed by atoms with Crippen LogP contribution in [0.3, 0.4) is 0 Å². The zero-order chi connectivity index (χ0) is 15.2. The predicted molar refractivity (Wildman–Crippen MR) is 77.8 cm³/mol. The Labute approximate surface area is 120 Å². The standard InChI is InChI=1S/C15H24N2O3/c1-5-20-13-7-6-12(9-16-13)14(19)17-10-15(3,4)8-11(2)18/h6-7,9,11,18H,5,8,10H2,1-4H3,(H,17,19). The number of nitrogens with zero attached hydrogens (tertiary/aromatic N) is 1. The zero-order valence-corrected chi connectivity index (χ0v) is 12.6. The van der Waals surface area contributed by atoms with E-state index in [1.807, 2.05) is 20.8 Å². The first-order chi connectivity index (χ1) is 9.34. The van der Waals surface area contributed by atoms with Crippen LogP contribution < -0.4 is 10.1 Å². The van der Waals surface area contributed by atoms with Crippen molar-refractivity contribution in [1.82, 2.24) is 10.3 Å². The molecular formula is C15H24N2O3. The quantitative estimate of drug-likeness (QED) is 0.801. The van der Waals surface area contributed by atoms with Gasteiger partial charge >= 0.3 is 0 Å². The smallest absolute Gasteiger partial charge is 0.252 e. The second kappa shape index (κ2) is 7.24. The molecule has 5 nitrogen and oxygen atoms in total. The Balaban J connectivity index is 2.54. The third-order valence-corrected chi connectivity index (χ3v) is 2.87. The van der Waals surface area contributed by atoms with Crippen LogP contribution in [-0.2, 0) is 0 Å². The van der Waals surface area contributed by atoms with Gasteiger partial charge in [-0.2, -0.15) is 0 Å². The molecule has 0 saturated heterocycles. The van der Waals surface area contributed by atoms with Gasteiger partial charge < -0.3 is 15.2 Å². The van der Waals surface area contributed by atoms with Crippen molar-refractivity contribution < 1.29 is 14.6 Å². The summed E-state index contributed by atoms with van der Waals surface area (Å²) >= 11 is 0. The number of rotatable bonds is 7. The fraction of sp³-hybridized carbons (Fsp3) is 0.600. The van der Waals surface area contributed by atoms with Crippen LogP contribution in [-0.4, -0.2) is 35.3 Å². The molecule has 0 bridgehead atoms. The normalized spacial score (nSPS) is 12.8. The molecule has 1 aromatic heterocycles. The number of pyridine rings is 1. The molecule has 0 radical (unpaired) electrons. The van der Waals surface area contributed by atoms with E-state index in [4.69, 9.17) is 4.74 Å². The monoisotopic (exact) mass is 280 g/mol. The van der Waals surface area contributed by atoms with Crippen molar-refractivity contribution in [1.29, 1.82) is 0 Å². The van der Waals surface area contributed by atoms with Crippen LogP contribution in [0.5, 0.6) is 5.88 Å². The molecule has 1 heterocycles. The van der Waals surface area contributed by atoms with Crippen LogP contribution in [0.1, 0.15) is 44.5 Å². The van der Waals surface area contributed by atoms with Crippen LogP contribution in [0.15, 0.2) is 18.3 Å². The van der Waals surface area contributed by atoms with E-state index in [2.05, 4.69) is 10.3 Å². The topological polar surface area (TPSA) is 71.5 Å². The van der Waals surface area contributed by atoms with Crippen molar-refractivity contribution in [3.05, 3.63) is 23.9 Å². The van der Waals surface area contributed by atoms with E-state index in [1.165, 1.54) is 6.20 Å². The summed E-state index contributed by atoms with van der Waals surface area (Å²) in [6.07, 6.45) is 1.76. The van der Waals surface area contributed by atoms with Crippen molar-refractivity contribution in [3.8, 4) is 5.88 Å². The zero-order valence-electron chi connectivity index (χ0n) is 12.6. The van der Waals surface area contributed by atoms with Crippen LogP contribution in [0.25, 0.3) is 0 Å². The highest BCUT2D eigenvalue weighted by molar-refractivity contribution is 5.93. The molecular weight excluding hydrogens is 256 g/mol. The maximum absolute atomic E-state index is 12.0. The first-order valence-corrected chi connectivity index (χ1v) is 6.89. The van der Waals surface area contributed by atoms with E-state index in [1.54, 1.807) is 19.1 Å². The highest BCUT2D eigenvalue weighted by atomic mass is 16.5. The van der Waals surface area contributed by atoms with Crippen molar-refractivity contribution >= 4 is 5.91 Å². The lowest BCUT2D eigenvalue weighted by Crippen LogP contribution is -2.35. The molecule has 0 aliphatic carbocycles. The van der Waals surface area contributed by atoms with Crippen molar-refractivity contribution in [2.75, 3.05) is 13.2 Å². The van der Waals surface area contributed by atoms with Gasteiger partial charge in [-0.05, 0) is 31.7 Å². The van der Waals surface area contributed by atoms with E-state index in [-0.39, 0.29) is 17.4 Å². The minimum Gasteiger partial charge on any atom is -0.478 e. The molecule has 2 N–H and O–H groups in total. The fourth-order valence-corrected chi connectivity index (χ4v) is 2.04. The molecule has 1 amide bonds. The number of carbonyl (C=O) groups excluding carboxylic acids is 1. The van der Waals surface area contributed by atoms with Crippen molar-refractivity contribution in [2.24, 2.45) is 5.41 Å². The molecule has 0 aromatic carbocycles. The Bertz CT molecular complexity index is 427. The van der Waals surface area contributed by atoms with Gasteiger partial charge in [0, 0.05) is 18.8 Å². The number of ether oxygens (including phenoxy) is 1. The summed E-state index contributed by atoms with van der Waals surface area (Å²) in [5, 5.41) is 12.3. The largest absolute Gasteiger partial charge is 0.478 e. The second-order valence-electron chi connectivity index (χ2n) is 5.72. The molecule has 5 heteroatoms. The van der Waals surface area contributed by atoms with Crippen LogP contribution in [0.4, 0.5) is 0 Å². The number of amides is 1. The maximum Gasteiger partial charge on any atom is 0.252 e. The Morgan fingerprint density at radius 2 is 2.20 bits per heavy atom. The van der Waals surface area contributed by atoms with Gasteiger partial charge in [0.1, 0.15) is 0 Å². The molecule has 1 rings (SSSR count). The molecule has 112 valence electrons. The van der Waals surface area contributed by atoms with E-state index >= 15 is 0 Å². The van der Waals surface area contributed by atoms with Gasteiger partial charge in [-0.1, -0.05) is 13.8 Å². The van der Waals surface area contributed by atoms with Gasteiger partial charge in [-0.25, -0.2) is 4.98 Å². The van der Waals surface area contributed by atoms with Crippen molar-refractivity contribution in [2.45, 2.75) is 40.2 Å². The Morgan fingerprint density at radius 3 is 2.70 bits per heavy atom. The van der Waals surface area contributed by atoms with Gasteiger partial charge in [0.25, 0.3) is 5.91 Å². The van der Waals surface area contributed by atoms with Gasteiger partial charge in [-0.15, -0.1) is 0 Å². The Morgan fingerprint density at radius 1 is 1.50 bits per heavy atom. The number of hydrogen-bond acceptors (Lipinski definition) is 4. The number of nitrogens with one attached hydrogen (secondary N) is 1. The Kier molecular flexibility index (Phi) is 5.95. The van der Waals surface area contributed by atoms with Gasteiger partial charge in [0.15, 0.2) is 0 Å². The number of hydrogen-bond donors (Lipinski definition) is 2. The molecule has 1 atom stereocenters. The molecule has 0 aliphatic rings. The average molecular weight is 280 g/mol. The average Bonchev–Trinajstić information content (AvgIpc) is 2.36. The molecule has 1 unspecified atom stereocenters. The predicted octanol–water partition coefficient (Wildman–Crippen LogP) is 2.01. The number of aliphatic hydroxyl groups is 1. The third-order valence-electron chi connectivity index (χ3n) is 2.87. The minimum atomic E-state index is -0.381. The number of carbonyl (C=O) groups is 1. The molecule has 20 heavy (non-hydrogen) atoms. The summed E-state index contributed by atoms with van der Waals surface area (Å²) in [7, 11) is 0. The van der Waals surface area contributed by atoms with Crippen molar-refractivity contribution in [3.63, 3.8) is 0 Å². The maximum atomic E-state index is 12.0. The molecule has 0 fully saturated rings. The highest BCUT2D eigenvalue weighted by Crippen LogP contribution is 2.21. The van der Waals surface area contributed by atoms with E-state index in [0.29, 0.717) is 31.0 Å². The minimum absolute atomic E-state index is 0.150. The fourth-order valence-electron chi connectivity index (χ4n) is 2.04. The number of aromatic nitrogens is 1. The van der Waals surface area contributed by atoms with Gasteiger partial charge in [0.05, 0.1) is 18.3 Å². The van der Waals surface area contributed by atoms with Crippen LogP contribution in [0, 0.1) is 5.41 Å². The lowest BCUT2D eigenvalue weighted by atomic mass is 9.87. The summed E-state index contributed by atoms with van der Waals surface area (Å²) in [6.45, 7) is 8.70. The lowest BCUT2D eigenvalue weighted by molar-refractivity contribution is 0.0901. The molecule has 1 aromatic rings. The van der Waals surface area contributed by atoms with Gasteiger partial charge in [-0.3, -0.25) is 4.79 Å². The SMILES string of the molecule is CCOc1ccc(C(=O)NCC(C)(C)CC(C)O)cn1. The Hall–Kier alpha value is -1.62. The first kappa shape index (κ1) is 16.4.